The highest BCUT2D eigenvalue weighted by Gasteiger charge is 2.21. The molecule has 0 bridgehead atoms. The summed E-state index contributed by atoms with van der Waals surface area (Å²) in [4.78, 5) is 16.4. The van der Waals surface area contributed by atoms with Crippen LogP contribution in [0.5, 0.6) is 0 Å². The zero-order valence-corrected chi connectivity index (χ0v) is 15.3. The third-order valence-corrected chi connectivity index (χ3v) is 4.19. The molecule has 4 nitrogen and oxygen atoms in total. The Balaban J connectivity index is 0.000000817. The minimum absolute atomic E-state index is 0.0106. The maximum Gasteiger partial charge on any atom is 0.262 e. The van der Waals surface area contributed by atoms with E-state index < -0.39 is 24.3 Å². The molecule has 3 rings (SSSR count). The van der Waals surface area contributed by atoms with Gasteiger partial charge in [-0.1, -0.05) is 23.8 Å². The van der Waals surface area contributed by atoms with Gasteiger partial charge in [0.15, 0.2) is 0 Å². The van der Waals surface area contributed by atoms with E-state index in [9.17, 15) is 22.4 Å². The molecule has 0 radical (unpaired) electrons. The van der Waals surface area contributed by atoms with Gasteiger partial charge >= 0.3 is 0 Å². The van der Waals surface area contributed by atoms with Crippen LogP contribution in [0.4, 0.5) is 17.6 Å². The molecule has 1 aromatic carbocycles. The third kappa shape index (κ3) is 4.05. The Bertz CT molecular complexity index is 1060. The van der Waals surface area contributed by atoms with Gasteiger partial charge in [0.25, 0.3) is 5.56 Å². The predicted molar refractivity (Wildman–Crippen MR) is 96.1 cm³/mol. The lowest BCUT2D eigenvalue weighted by molar-refractivity contribution is 0.295. The van der Waals surface area contributed by atoms with Crippen molar-refractivity contribution in [2.24, 2.45) is 0 Å². The number of nitrogens with zero attached hydrogens (tertiary/aromatic N) is 3. The molecule has 0 amide bonds. The number of hydrogen-bond donors (Lipinski definition) is 0. The first kappa shape index (κ1) is 20.7. The zero-order chi connectivity index (χ0) is 20.3. The summed E-state index contributed by atoms with van der Waals surface area (Å²) in [5, 5.41) is 0.252. The molecule has 2 heterocycles. The van der Waals surface area contributed by atoms with E-state index in [2.05, 4.69) is 11.6 Å². The Kier molecular flexibility index (Phi) is 6.43. The van der Waals surface area contributed by atoms with Gasteiger partial charge in [0.2, 0.25) is 18.7 Å². The summed E-state index contributed by atoms with van der Waals surface area (Å²) < 4.78 is 50.0. The third-order valence-electron chi connectivity index (χ3n) is 3.79. The first-order valence-electron chi connectivity index (χ1n) is 7.71. The molecule has 0 unspecified atom stereocenters. The van der Waals surface area contributed by atoms with Gasteiger partial charge < -0.3 is 0 Å². The topological polar surface area (TPSA) is 39.3 Å². The number of halogens is 5. The summed E-state index contributed by atoms with van der Waals surface area (Å²) in [6.07, 6.45) is 3.03. The number of alkyl halides is 2. The van der Waals surface area contributed by atoms with Gasteiger partial charge in [0, 0.05) is 17.4 Å². The monoisotopic (exact) mass is 401 g/mol. The molecule has 0 atom stereocenters. The first-order valence-corrected chi connectivity index (χ1v) is 8.09. The van der Waals surface area contributed by atoms with Gasteiger partial charge in [-0.2, -0.15) is 4.39 Å². The van der Waals surface area contributed by atoms with Crippen molar-refractivity contribution in [3.8, 4) is 5.69 Å². The highest BCUT2D eigenvalue weighted by Crippen LogP contribution is 2.30. The number of benzene rings is 1. The van der Waals surface area contributed by atoms with Crippen molar-refractivity contribution in [3.63, 3.8) is 0 Å². The predicted octanol–water partition coefficient (Wildman–Crippen LogP) is 4.73. The lowest BCUT2D eigenvalue weighted by atomic mass is 9.99. The number of imidazole rings is 1. The SMILES string of the molecule is C=C(C)Cc1c(C)c(Cl)cc(F)c1-n1c(=O)cc(F)n2ccnc12.FCF. The molecule has 27 heavy (non-hydrogen) atoms. The van der Waals surface area contributed by atoms with E-state index in [4.69, 9.17) is 11.6 Å². The molecule has 0 saturated carbocycles. The van der Waals surface area contributed by atoms with Crippen molar-refractivity contribution in [3.05, 3.63) is 74.9 Å². The fraction of sp³-hybridized carbons (Fsp3) is 0.222. The van der Waals surface area contributed by atoms with Crippen LogP contribution < -0.4 is 5.56 Å². The molecular weight excluding hydrogens is 386 g/mol. The van der Waals surface area contributed by atoms with Crippen molar-refractivity contribution in [1.82, 2.24) is 14.0 Å². The maximum atomic E-state index is 14.7. The normalized spacial score (nSPS) is 10.6. The second-order valence-corrected chi connectivity index (χ2v) is 6.17. The number of rotatable bonds is 3. The van der Waals surface area contributed by atoms with Crippen molar-refractivity contribution in [1.29, 1.82) is 0 Å². The van der Waals surface area contributed by atoms with Crippen molar-refractivity contribution < 1.29 is 17.6 Å². The van der Waals surface area contributed by atoms with E-state index in [1.54, 1.807) is 13.8 Å². The molecule has 0 N–H and O–H groups in total. The molecule has 9 heteroatoms. The van der Waals surface area contributed by atoms with Crippen LogP contribution in [0.15, 0.2) is 41.5 Å². The van der Waals surface area contributed by atoms with Crippen molar-refractivity contribution in [2.75, 3.05) is 6.93 Å². The fourth-order valence-electron chi connectivity index (χ4n) is 2.69. The van der Waals surface area contributed by atoms with E-state index >= 15 is 0 Å². The number of allylic oxidation sites excluding steroid dienone is 1. The maximum absolute atomic E-state index is 14.7. The van der Waals surface area contributed by atoms with Crippen LogP contribution in [0.1, 0.15) is 18.1 Å². The van der Waals surface area contributed by atoms with Crippen LogP contribution in [-0.4, -0.2) is 20.9 Å². The Morgan fingerprint density at radius 2 is 1.93 bits per heavy atom. The largest absolute Gasteiger partial charge is 0.269 e. The molecule has 0 fully saturated rings. The van der Waals surface area contributed by atoms with E-state index in [-0.39, 0.29) is 16.5 Å². The molecule has 144 valence electrons. The van der Waals surface area contributed by atoms with E-state index in [0.717, 1.165) is 26.7 Å². The summed E-state index contributed by atoms with van der Waals surface area (Å²) in [6.45, 7) is 5.62. The molecule has 0 aliphatic heterocycles. The van der Waals surface area contributed by atoms with Crippen LogP contribution in [0.2, 0.25) is 5.02 Å². The van der Waals surface area contributed by atoms with E-state index in [0.29, 0.717) is 17.5 Å². The summed E-state index contributed by atoms with van der Waals surface area (Å²) in [6, 6.07) is 1.94. The molecule has 0 spiro atoms. The van der Waals surface area contributed by atoms with Gasteiger partial charge in [-0.15, -0.1) is 0 Å². The summed E-state index contributed by atoms with van der Waals surface area (Å²) in [5.41, 5.74) is 1.23. The van der Waals surface area contributed by atoms with E-state index in [1.165, 1.54) is 12.4 Å². The number of hydrogen-bond acceptors (Lipinski definition) is 2. The zero-order valence-electron chi connectivity index (χ0n) is 14.6. The fourth-order valence-corrected chi connectivity index (χ4v) is 2.90. The Labute approximate surface area is 157 Å². The van der Waals surface area contributed by atoms with Crippen LogP contribution in [0.25, 0.3) is 11.5 Å². The lowest BCUT2D eigenvalue weighted by Crippen LogP contribution is -2.24. The highest BCUT2D eigenvalue weighted by molar-refractivity contribution is 6.31. The Morgan fingerprint density at radius 1 is 1.30 bits per heavy atom. The minimum Gasteiger partial charge on any atom is -0.269 e. The minimum atomic E-state index is -1.75. The number of fused-ring (bicyclic) bond motifs is 1. The van der Waals surface area contributed by atoms with Crippen LogP contribution >= 0.6 is 11.6 Å². The van der Waals surface area contributed by atoms with E-state index in [1.807, 2.05) is 0 Å². The summed E-state index contributed by atoms with van der Waals surface area (Å²) >= 11 is 6.09. The average molecular weight is 402 g/mol. The molecule has 3 aromatic rings. The van der Waals surface area contributed by atoms with Crippen LogP contribution in [-0.2, 0) is 6.42 Å². The van der Waals surface area contributed by atoms with Crippen molar-refractivity contribution >= 4 is 17.4 Å². The molecule has 0 aliphatic carbocycles. The summed E-state index contributed by atoms with van der Waals surface area (Å²) in [7, 11) is 0. The second-order valence-electron chi connectivity index (χ2n) is 5.77. The Hall–Kier alpha value is -2.61. The molecular formula is C18H16ClF4N3O. The highest BCUT2D eigenvalue weighted by atomic mass is 35.5. The van der Waals surface area contributed by atoms with Gasteiger partial charge in [0.05, 0.1) is 11.8 Å². The van der Waals surface area contributed by atoms with Gasteiger partial charge in [0.1, 0.15) is 5.82 Å². The summed E-state index contributed by atoms with van der Waals surface area (Å²) in [5.74, 6) is -1.46. The lowest BCUT2D eigenvalue weighted by Gasteiger charge is -2.17. The molecule has 0 saturated heterocycles. The van der Waals surface area contributed by atoms with Crippen molar-refractivity contribution in [2.45, 2.75) is 20.3 Å². The van der Waals surface area contributed by atoms with Gasteiger partial charge in [-0.3, -0.25) is 9.20 Å². The standard InChI is InChI=1S/C17H14ClF2N3O.CH2F2/c1-9(2)6-11-10(3)12(18)7-13(19)16(11)23-15(24)8-14(20)22-5-4-21-17(22)23;2-1-3/h4-5,7-8H,1,6H2,2-3H3;1H2. The van der Waals surface area contributed by atoms with Gasteiger partial charge in [-0.05, 0) is 37.5 Å². The Morgan fingerprint density at radius 3 is 2.52 bits per heavy atom. The second kappa shape index (κ2) is 8.39. The molecule has 2 aromatic heterocycles. The van der Waals surface area contributed by atoms with Crippen LogP contribution in [0, 0.1) is 18.7 Å². The van der Waals surface area contributed by atoms with Crippen LogP contribution in [0.3, 0.4) is 0 Å². The van der Waals surface area contributed by atoms with Gasteiger partial charge in [-0.25, -0.2) is 22.7 Å². The number of aromatic nitrogens is 3. The average Bonchev–Trinajstić information content (AvgIpc) is 3.05. The molecule has 0 aliphatic rings. The first-order chi connectivity index (χ1) is 12.7. The quantitative estimate of drug-likeness (QED) is 0.361. The smallest absolute Gasteiger partial charge is 0.262 e.